The van der Waals surface area contributed by atoms with Crippen molar-refractivity contribution in [2.75, 3.05) is 5.32 Å². The van der Waals surface area contributed by atoms with E-state index in [-0.39, 0.29) is 5.91 Å². The number of para-hydroxylation sites is 1. The van der Waals surface area contributed by atoms with Gasteiger partial charge in [-0.05, 0) is 24.4 Å². The number of thiophene rings is 1. The number of aryl methyl sites for hydroxylation is 1. The molecule has 0 aliphatic carbocycles. The van der Waals surface area contributed by atoms with E-state index in [1.165, 1.54) is 15.5 Å². The van der Waals surface area contributed by atoms with Gasteiger partial charge in [-0.15, -0.1) is 34.4 Å². The number of amides is 1. The molecule has 3 heterocycles. The van der Waals surface area contributed by atoms with E-state index >= 15 is 0 Å². The molecule has 0 saturated heterocycles. The molecule has 1 amide bonds. The van der Waals surface area contributed by atoms with Crippen LogP contribution >= 0.6 is 34.4 Å². The molecule has 7 heteroatoms. The largest absolute Gasteiger partial charge is 0.451 e. The maximum atomic E-state index is 12.7. The number of nitrogens with one attached hydrogen (secondary N) is 1. The predicted octanol–water partition coefficient (Wildman–Crippen LogP) is 5.80. The minimum Gasteiger partial charge on any atom is -0.451 e. The van der Waals surface area contributed by atoms with Gasteiger partial charge in [0.1, 0.15) is 5.58 Å². The average Bonchev–Trinajstić information content (AvgIpc) is 3.33. The number of furan rings is 1. The Morgan fingerprint density at radius 1 is 1.24 bits per heavy atom. The van der Waals surface area contributed by atoms with Crippen LogP contribution in [-0.4, -0.2) is 10.9 Å². The number of hydrogen-bond acceptors (Lipinski definition) is 6. The first-order chi connectivity index (χ1) is 12.2. The maximum absolute atomic E-state index is 12.7. The fourth-order valence-corrected chi connectivity index (χ4v) is 4.97. The zero-order chi connectivity index (χ0) is 17.2. The second kappa shape index (κ2) is 7.03. The molecule has 4 rings (SSSR count). The molecule has 4 aromatic rings. The van der Waals surface area contributed by atoms with Gasteiger partial charge in [-0.3, -0.25) is 10.1 Å². The summed E-state index contributed by atoms with van der Waals surface area (Å²) in [5.74, 6) is 0.780. The van der Waals surface area contributed by atoms with E-state index in [0.717, 1.165) is 22.2 Å². The molecule has 0 aliphatic heterocycles. The Balaban J connectivity index is 1.66. The topological polar surface area (TPSA) is 55.1 Å². The molecular formula is C18H14N2O2S3. The lowest BCUT2D eigenvalue weighted by Gasteiger charge is -2.03. The van der Waals surface area contributed by atoms with Crippen LogP contribution in [0.15, 0.2) is 55.8 Å². The van der Waals surface area contributed by atoms with Crippen LogP contribution in [0.5, 0.6) is 0 Å². The number of anilines is 1. The summed E-state index contributed by atoms with van der Waals surface area (Å²) in [6.07, 6.45) is 0. The number of thiazole rings is 1. The van der Waals surface area contributed by atoms with Crippen molar-refractivity contribution in [2.24, 2.45) is 0 Å². The maximum Gasteiger partial charge on any atom is 0.293 e. The summed E-state index contributed by atoms with van der Waals surface area (Å²) in [5.41, 5.74) is 2.53. The van der Waals surface area contributed by atoms with E-state index in [4.69, 9.17) is 4.42 Å². The van der Waals surface area contributed by atoms with Crippen molar-refractivity contribution in [3.8, 4) is 0 Å². The molecule has 3 aromatic heterocycles. The number of hydrogen-bond donors (Lipinski definition) is 1. The molecule has 4 nitrogen and oxygen atoms in total. The van der Waals surface area contributed by atoms with Crippen molar-refractivity contribution in [3.63, 3.8) is 0 Å². The Labute approximate surface area is 156 Å². The van der Waals surface area contributed by atoms with Gasteiger partial charge in [-0.2, -0.15) is 0 Å². The third-order valence-corrected chi connectivity index (χ3v) is 6.63. The highest BCUT2D eigenvalue weighted by Crippen LogP contribution is 2.34. The molecule has 0 bridgehead atoms. The van der Waals surface area contributed by atoms with Gasteiger partial charge in [-0.1, -0.05) is 24.3 Å². The first-order valence-corrected chi connectivity index (χ1v) is 10.4. The van der Waals surface area contributed by atoms with E-state index in [1.54, 1.807) is 23.1 Å². The first kappa shape index (κ1) is 16.4. The fraction of sp³-hybridized carbons (Fsp3) is 0.111. The average molecular weight is 387 g/mol. The van der Waals surface area contributed by atoms with Gasteiger partial charge in [0.2, 0.25) is 0 Å². The molecule has 25 heavy (non-hydrogen) atoms. The Morgan fingerprint density at radius 2 is 2.12 bits per heavy atom. The number of thioether (sulfide) groups is 1. The van der Waals surface area contributed by atoms with Gasteiger partial charge in [0.25, 0.3) is 5.91 Å². The van der Waals surface area contributed by atoms with Gasteiger partial charge in [0.15, 0.2) is 10.9 Å². The number of carbonyl (C=O) groups is 1. The molecule has 0 radical (unpaired) electrons. The van der Waals surface area contributed by atoms with E-state index in [9.17, 15) is 4.79 Å². The van der Waals surface area contributed by atoms with Gasteiger partial charge >= 0.3 is 0 Å². The number of rotatable bonds is 5. The third-order valence-electron chi connectivity index (χ3n) is 3.60. The summed E-state index contributed by atoms with van der Waals surface area (Å²) in [7, 11) is 0. The Kier molecular flexibility index (Phi) is 4.61. The summed E-state index contributed by atoms with van der Waals surface area (Å²) >= 11 is 4.81. The molecule has 0 fully saturated rings. The van der Waals surface area contributed by atoms with Crippen LogP contribution in [0.25, 0.3) is 11.0 Å². The molecule has 0 spiro atoms. The van der Waals surface area contributed by atoms with E-state index < -0.39 is 0 Å². The second-order valence-electron chi connectivity index (χ2n) is 5.37. The SMILES string of the molecule is Cc1csc(NC(=O)c2oc3ccccc3c2CSc2cccs2)n1. The minimum atomic E-state index is -0.257. The highest BCUT2D eigenvalue weighted by molar-refractivity contribution is 8.00. The normalized spacial score (nSPS) is 11.1. The van der Waals surface area contributed by atoms with Crippen LogP contribution in [0.1, 0.15) is 21.8 Å². The van der Waals surface area contributed by atoms with Crippen molar-refractivity contribution >= 4 is 56.4 Å². The van der Waals surface area contributed by atoms with E-state index in [0.29, 0.717) is 16.6 Å². The minimum absolute atomic E-state index is 0.257. The Morgan fingerprint density at radius 3 is 2.88 bits per heavy atom. The van der Waals surface area contributed by atoms with Gasteiger partial charge in [-0.25, -0.2) is 4.98 Å². The van der Waals surface area contributed by atoms with Crippen LogP contribution < -0.4 is 5.32 Å². The first-order valence-electron chi connectivity index (χ1n) is 7.61. The van der Waals surface area contributed by atoms with Gasteiger partial charge in [0, 0.05) is 22.1 Å². The van der Waals surface area contributed by atoms with E-state index in [2.05, 4.69) is 16.4 Å². The van der Waals surface area contributed by atoms with Crippen LogP contribution in [0, 0.1) is 6.92 Å². The summed E-state index contributed by atoms with van der Waals surface area (Å²) in [5, 5.41) is 8.36. The third kappa shape index (κ3) is 3.49. The van der Waals surface area contributed by atoms with Crippen molar-refractivity contribution in [3.05, 3.63) is 64.2 Å². The van der Waals surface area contributed by atoms with Crippen LogP contribution in [0.3, 0.4) is 0 Å². The fourth-order valence-electron chi connectivity index (χ4n) is 2.48. The highest BCUT2D eigenvalue weighted by atomic mass is 32.2. The highest BCUT2D eigenvalue weighted by Gasteiger charge is 2.21. The lowest BCUT2D eigenvalue weighted by atomic mass is 10.1. The molecule has 0 atom stereocenters. The molecule has 126 valence electrons. The summed E-state index contributed by atoms with van der Waals surface area (Å²) < 4.78 is 7.08. The molecule has 0 aliphatic rings. The number of nitrogens with zero attached hydrogens (tertiary/aromatic N) is 1. The standard InChI is InChI=1S/C18H14N2O2S3/c1-11-9-25-18(19-11)20-17(21)16-13(10-24-15-7-4-8-23-15)12-5-2-3-6-14(12)22-16/h2-9H,10H2,1H3,(H,19,20,21). The van der Waals surface area contributed by atoms with Crippen molar-refractivity contribution in [1.82, 2.24) is 4.98 Å². The number of fused-ring (bicyclic) bond motifs is 1. The van der Waals surface area contributed by atoms with Crippen LogP contribution in [0.4, 0.5) is 5.13 Å². The molecule has 1 aromatic carbocycles. The van der Waals surface area contributed by atoms with Gasteiger partial charge in [0.05, 0.1) is 9.90 Å². The predicted molar refractivity (Wildman–Crippen MR) is 105 cm³/mol. The van der Waals surface area contributed by atoms with Crippen LogP contribution in [0.2, 0.25) is 0 Å². The Bertz CT molecular complexity index is 1020. The Hall–Kier alpha value is -2.09. The molecular weight excluding hydrogens is 372 g/mol. The lowest BCUT2D eigenvalue weighted by Crippen LogP contribution is -2.12. The zero-order valence-corrected chi connectivity index (χ0v) is 15.8. The monoisotopic (exact) mass is 386 g/mol. The van der Waals surface area contributed by atoms with Crippen molar-refractivity contribution in [2.45, 2.75) is 16.9 Å². The second-order valence-corrected chi connectivity index (χ2v) is 8.46. The summed E-state index contributed by atoms with van der Waals surface area (Å²) in [4.78, 5) is 17.0. The number of benzene rings is 1. The number of carbonyl (C=O) groups excluding carboxylic acids is 1. The van der Waals surface area contributed by atoms with Crippen LogP contribution in [-0.2, 0) is 5.75 Å². The summed E-state index contributed by atoms with van der Waals surface area (Å²) in [6.45, 7) is 1.90. The van der Waals surface area contributed by atoms with E-state index in [1.807, 2.05) is 48.0 Å². The summed E-state index contributed by atoms with van der Waals surface area (Å²) in [6, 6.07) is 11.9. The molecule has 0 unspecified atom stereocenters. The quantitative estimate of drug-likeness (QED) is 0.440. The number of aromatic nitrogens is 1. The van der Waals surface area contributed by atoms with Gasteiger partial charge < -0.3 is 4.42 Å². The van der Waals surface area contributed by atoms with Crippen molar-refractivity contribution in [1.29, 1.82) is 0 Å². The molecule has 0 saturated carbocycles. The lowest BCUT2D eigenvalue weighted by molar-refractivity contribution is 0.0998. The smallest absolute Gasteiger partial charge is 0.293 e. The zero-order valence-electron chi connectivity index (χ0n) is 13.3. The van der Waals surface area contributed by atoms with Crippen molar-refractivity contribution < 1.29 is 9.21 Å². The molecule has 1 N–H and O–H groups in total.